The molecule has 0 aliphatic heterocycles. The Morgan fingerprint density at radius 1 is 0.912 bits per heavy atom. The van der Waals surface area contributed by atoms with Gasteiger partial charge in [0.15, 0.2) is 5.76 Å². The minimum atomic E-state index is -0.519. The van der Waals surface area contributed by atoms with Crippen molar-refractivity contribution in [3.63, 3.8) is 0 Å². The van der Waals surface area contributed by atoms with Crippen LogP contribution in [-0.2, 0) is 0 Å². The van der Waals surface area contributed by atoms with Crippen molar-refractivity contribution in [3.8, 4) is 0 Å². The van der Waals surface area contributed by atoms with Crippen molar-refractivity contribution in [2.45, 2.75) is 30.7 Å². The Labute approximate surface area is 203 Å². The number of rotatable bonds is 4. The molecular weight excluding hydrogens is 468 g/mol. The Balaban J connectivity index is 1.37. The monoisotopic (exact) mass is 488 g/mol. The summed E-state index contributed by atoms with van der Waals surface area (Å²) in [4.78, 5) is 37.3. The number of aryl methyl sites for hydroxylation is 3. The minimum Gasteiger partial charge on any atom is -0.451 e. The zero-order valence-corrected chi connectivity index (χ0v) is 20.3. The van der Waals surface area contributed by atoms with E-state index in [-0.39, 0.29) is 5.76 Å². The molecule has 0 radical (unpaired) electrons. The maximum atomic E-state index is 13.0. The van der Waals surface area contributed by atoms with Crippen molar-refractivity contribution in [1.29, 1.82) is 0 Å². The summed E-state index contributed by atoms with van der Waals surface area (Å²) < 4.78 is 5.67. The maximum absolute atomic E-state index is 13.0. The van der Waals surface area contributed by atoms with Crippen LogP contribution in [0.3, 0.4) is 0 Å². The molecule has 3 heterocycles. The molecule has 2 aromatic carbocycles. The molecule has 5 aromatic rings. The molecule has 7 nitrogen and oxygen atoms in total. The number of nitrogens with one attached hydrogen (secondary N) is 2. The van der Waals surface area contributed by atoms with Crippen LogP contribution in [0.2, 0.25) is 0 Å². The van der Waals surface area contributed by atoms with Crippen LogP contribution in [0.5, 0.6) is 0 Å². The average molecular weight is 489 g/mol. The Bertz CT molecular complexity index is 1570. The number of hydrazine groups is 1. The van der Waals surface area contributed by atoms with Crippen LogP contribution >= 0.6 is 23.1 Å². The molecule has 2 N–H and O–H groups in total. The molecule has 0 spiro atoms. The van der Waals surface area contributed by atoms with E-state index in [1.165, 1.54) is 16.6 Å². The third kappa shape index (κ3) is 3.93. The summed E-state index contributed by atoms with van der Waals surface area (Å²) >= 11 is 3.02. The highest BCUT2D eigenvalue weighted by Crippen LogP contribution is 2.38. The van der Waals surface area contributed by atoms with Gasteiger partial charge in [-0.25, -0.2) is 9.97 Å². The van der Waals surface area contributed by atoms with Gasteiger partial charge in [-0.3, -0.25) is 20.4 Å². The third-order valence-corrected chi connectivity index (χ3v) is 7.80. The van der Waals surface area contributed by atoms with Gasteiger partial charge in [0, 0.05) is 26.1 Å². The summed E-state index contributed by atoms with van der Waals surface area (Å²) in [5, 5.41) is 2.64. The van der Waals surface area contributed by atoms with Crippen LogP contribution in [0, 0.1) is 20.8 Å². The first-order chi connectivity index (χ1) is 16.4. The van der Waals surface area contributed by atoms with Gasteiger partial charge >= 0.3 is 5.91 Å². The van der Waals surface area contributed by atoms with Gasteiger partial charge in [0.1, 0.15) is 21.8 Å². The Kier molecular flexibility index (Phi) is 5.80. The van der Waals surface area contributed by atoms with E-state index in [1.807, 2.05) is 37.3 Å². The van der Waals surface area contributed by atoms with Gasteiger partial charge in [-0.15, -0.1) is 11.3 Å². The number of furan rings is 1. The van der Waals surface area contributed by atoms with Crippen LogP contribution in [0.25, 0.3) is 21.2 Å². The van der Waals surface area contributed by atoms with E-state index in [0.29, 0.717) is 16.7 Å². The number of thiophene rings is 1. The van der Waals surface area contributed by atoms with E-state index in [0.717, 1.165) is 31.1 Å². The van der Waals surface area contributed by atoms with Gasteiger partial charge in [0.25, 0.3) is 5.91 Å². The summed E-state index contributed by atoms with van der Waals surface area (Å²) in [6.45, 7) is 5.92. The average Bonchev–Trinajstić information content (AvgIpc) is 3.34. The van der Waals surface area contributed by atoms with Crippen molar-refractivity contribution in [1.82, 2.24) is 20.8 Å². The molecular formula is C25H20N4O3S2. The Hall–Kier alpha value is -3.69. The molecule has 0 aliphatic rings. The fourth-order valence-electron chi connectivity index (χ4n) is 3.70. The molecule has 2 amide bonds. The lowest BCUT2D eigenvalue weighted by molar-refractivity contribution is 0.0830. The van der Waals surface area contributed by atoms with E-state index in [9.17, 15) is 9.59 Å². The number of benzene rings is 2. The number of aromatic nitrogens is 2. The highest BCUT2D eigenvalue weighted by molar-refractivity contribution is 7.99. The summed E-state index contributed by atoms with van der Waals surface area (Å²) in [7, 11) is 0. The lowest BCUT2D eigenvalue weighted by atomic mass is 10.1. The summed E-state index contributed by atoms with van der Waals surface area (Å²) in [6.07, 6.45) is 1.54. The van der Waals surface area contributed by atoms with Crippen molar-refractivity contribution >= 4 is 56.1 Å². The van der Waals surface area contributed by atoms with Crippen LogP contribution in [0.4, 0.5) is 0 Å². The highest BCUT2D eigenvalue weighted by Gasteiger charge is 2.20. The van der Waals surface area contributed by atoms with E-state index in [1.54, 1.807) is 35.9 Å². The SMILES string of the molecule is Cc1sc2ncnc(Sc3ccccc3C(=O)NNC(=O)c3oc4ccccc4c3C)c2c1C. The maximum Gasteiger partial charge on any atom is 0.305 e. The first-order valence-electron chi connectivity index (χ1n) is 10.5. The predicted molar refractivity (Wildman–Crippen MR) is 133 cm³/mol. The van der Waals surface area contributed by atoms with Crippen LogP contribution < -0.4 is 10.9 Å². The second kappa shape index (κ2) is 8.92. The second-order valence-corrected chi connectivity index (χ2v) is 9.93. The van der Waals surface area contributed by atoms with Gasteiger partial charge in [0.05, 0.1) is 5.56 Å². The molecule has 9 heteroatoms. The molecule has 0 unspecified atom stereocenters. The molecule has 0 aliphatic carbocycles. The number of fused-ring (bicyclic) bond motifs is 2. The normalized spacial score (nSPS) is 11.1. The topological polar surface area (TPSA) is 97.1 Å². The summed E-state index contributed by atoms with van der Waals surface area (Å²) in [6, 6.07) is 14.6. The molecule has 0 saturated carbocycles. The molecule has 3 aromatic heterocycles. The van der Waals surface area contributed by atoms with E-state index < -0.39 is 11.8 Å². The van der Waals surface area contributed by atoms with Crippen molar-refractivity contribution in [3.05, 3.63) is 82.2 Å². The van der Waals surface area contributed by atoms with Gasteiger partial charge in [-0.2, -0.15) is 0 Å². The first-order valence-corrected chi connectivity index (χ1v) is 12.1. The molecule has 170 valence electrons. The van der Waals surface area contributed by atoms with Crippen molar-refractivity contribution in [2.75, 3.05) is 0 Å². The first kappa shape index (κ1) is 22.1. The zero-order valence-electron chi connectivity index (χ0n) is 18.6. The molecule has 5 rings (SSSR count). The molecule has 0 fully saturated rings. The van der Waals surface area contributed by atoms with E-state index >= 15 is 0 Å². The van der Waals surface area contributed by atoms with Crippen LogP contribution in [0.1, 0.15) is 36.9 Å². The number of para-hydroxylation sites is 1. The molecule has 34 heavy (non-hydrogen) atoms. The largest absolute Gasteiger partial charge is 0.451 e. The fraction of sp³-hybridized carbons (Fsp3) is 0.120. The van der Waals surface area contributed by atoms with Gasteiger partial charge in [0.2, 0.25) is 0 Å². The van der Waals surface area contributed by atoms with Gasteiger partial charge < -0.3 is 4.42 Å². The lowest BCUT2D eigenvalue weighted by Gasteiger charge is -2.11. The lowest BCUT2D eigenvalue weighted by Crippen LogP contribution is -2.41. The molecule has 0 bridgehead atoms. The summed E-state index contributed by atoms with van der Waals surface area (Å²) in [5.41, 5.74) is 7.87. The number of hydrogen-bond acceptors (Lipinski definition) is 7. The van der Waals surface area contributed by atoms with Gasteiger partial charge in [-0.05, 0) is 44.5 Å². The van der Waals surface area contributed by atoms with Crippen LogP contribution in [-0.4, -0.2) is 21.8 Å². The van der Waals surface area contributed by atoms with Crippen molar-refractivity contribution < 1.29 is 14.0 Å². The highest BCUT2D eigenvalue weighted by atomic mass is 32.2. The summed E-state index contributed by atoms with van der Waals surface area (Å²) in [5.74, 6) is -0.793. The second-order valence-electron chi connectivity index (χ2n) is 7.70. The Morgan fingerprint density at radius 2 is 1.65 bits per heavy atom. The quantitative estimate of drug-likeness (QED) is 0.253. The number of nitrogens with zero attached hydrogens (tertiary/aromatic N) is 2. The van der Waals surface area contributed by atoms with E-state index in [2.05, 4.69) is 34.7 Å². The predicted octanol–water partition coefficient (Wildman–Crippen LogP) is 5.59. The number of carbonyl (C=O) groups is 2. The van der Waals surface area contributed by atoms with Crippen molar-refractivity contribution in [2.24, 2.45) is 0 Å². The number of hydrogen-bond donors (Lipinski definition) is 2. The Morgan fingerprint density at radius 3 is 2.47 bits per heavy atom. The standard InChI is InChI=1S/C25H20N4O3S2/c1-13-15(3)33-24-20(13)25(27-12-26-24)34-19-11-7-5-9-17(19)22(30)28-29-23(31)21-14(2)16-8-4-6-10-18(16)32-21/h4-12H,1-3H3,(H,28,30)(H,29,31). The minimum absolute atomic E-state index is 0.163. The van der Waals surface area contributed by atoms with Gasteiger partial charge in [-0.1, -0.05) is 42.1 Å². The molecule has 0 saturated heterocycles. The zero-order chi connectivity index (χ0) is 23.8. The smallest absolute Gasteiger partial charge is 0.305 e. The number of amides is 2. The molecule has 0 atom stereocenters. The third-order valence-electron chi connectivity index (χ3n) is 5.61. The number of carbonyl (C=O) groups excluding carboxylic acids is 2. The van der Waals surface area contributed by atoms with E-state index in [4.69, 9.17) is 4.42 Å². The van der Waals surface area contributed by atoms with Crippen LogP contribution in [0.15, 0.2) is 69.2 Å². The fourth-order valence-corrected chi connectivity index (χ4v) is 5.84.